The van der Waals surface area contributed by atoms with E-state index in [4.69, 9.17) is 0 Å². The van der Waals surface area contributed by atoms with Crippen molar-refractivity contribution in [2.24, 2.45) is 0 Å². The summed E-state index contributed by atoms with van der Waals surface area (Å²) in [6.07, 6.45) is 2.84. The third-order valence-corrected chi connectivity index (χ3v) is 4.15. The average Bonchev–Trinajstić information content (AvgIpc) is 2.98. The highest BCUT2D eigenvalue weighted by atomic mass is 32.1. The lowest BCUT2D eigenvalue weighted by Crippen LogP contribution is -2.43. The van der Waals surface area contributed by atoms with Crippen LogP contribution in [-0.2, 0) is 0 Å². The zero-order valence-electron chi connectivity index (χ0n) is 8.33. The fraction of sp³-hybridized carbons (Fsp3) is 0.636. The maximum atomic E-state index is 3.39. The molecule has 3 rings (SSSR count). The van der Waals surface area contributed by atoms with Crippen molar-refractivity contribution >= 4 is 17.0 Å². The number of nitrogens with one attached hydrogen (secondary N) is 1. The molecular formula is C11H16N2S. The highest BCUT2D eigenvalue weighted by Crippen LogP contribution is 2.44. The van der Waals surface area contributed by atoms with Crippen LogP contribution in [0.3, 0.4) is 0 Å². The first-order valence-corrected chi connectivity index (χ1v) is 6.35. The van der Waals surface area contributed by atoms with Crippen LogP contribution in [-0.4, -0.2) is 26.2 Å². The molecule has 0 amide bonds. The van der Waals surface area contributed by atoms with Gasteiger partial charge in [0.15, 0.2) is 0 Å². The first-order chi connectivity index (χ1) is 6.93. The molecule has 2 fully saturated rings. The van der Waals surface area contributed by atoms with Crippen molar-refractivity contribution < 1.29 is 0 Å². The number of anilines is 1. The third kappa shape index (κ3) is 1.66. The Morgan fingerprint density at radius 3 is 2.79 bits per heavy atom. The second kappa shape index (κ2) is 3.55. The quantitative estimate of drug-likeness (QED) is 0.800. The maximum Gasteiger partial charge on any atom is 0.0478 e. The molecule has 76 valence electrons. The minimum absolute atomic E-state index is 0.914. The van der Waals surface area contributed by atoms with Gasteiger partial charge in [0.25, 0.3) is 0 Å². The summed E-state index contributed by atoms with van der Waals surface area (Å²) in [5.74, 6) is 0.914. The molecule has 1 aliphatic carbocycles. The second-order valence-corrected chi connectivity index (χ2v) is 5.16. The Hall–Kier alpha value is -0.540. The number of nitrogens with zero attached hydrogens (tertiary/aromatic N) is 1. The average molecular weight is 208 g/mol. The summed E-state index contributed by atoms with van der Waals surface area (Å²) in [5.41, 5.74) is 1.46. The van der Waals surface area contributed by atoms with E-state index in [0.717, 1.165) is 19.0 Å². The molecule has 2 nitrogen and oxygen atoms in total. The SMILES string of the molecule is c1sc(C2CC2)cc1N1CCNCC1. The summed E-state index contributed by atoms with van der Waals surface area (Å²) >= 11 is 1.95. The maximum absolute atomic E-state index is 3.39. The lowest BCUT2D eigenvalue weighted by atomic mass is 10.3. The normalized spacial score (nSPS) is 22.7. The molecule has 0 bridgehead atoms. The molecule has 2 heterocycles. The van der Waals surface area contributed by atoms with Crippen molar-refractivity contribution in [2.45, 2.75) is 18.8 Å². The standard InChI is InChI=1S/C11H16N2S/c1-2-9(1)11-7-10(8-14-11)13-5-3-12-4-6-13/h7-9,12H,1-6H2. The topological polar surface area (TPSA) is 15.3 Å². The zero-order chi connectivity index (χ0) is 9.38. The predicted molar refractivity (Wildman–Crippen MR) is 61.4 cm³/mol. The van der Waals surface area contributed by atoms with Crippen LogP contribution < -0.4 is 10.2 Å². The minimum Gasteiger partial charge on any atom is -0.368 e. The molecule has 14 heavy (non-hydrogen) atoms. The molecule has 1 saturated heterocycles. The monoisotopic (exact) mass is 208 g/mol. The van der Waals surface area contributed by atoms with E-state index >= 15 is 0 Å². The van der Waals surface area contributed by atoms with Gasteiger partial charge in [0.05, 0.1) is 0 Å². The molecule has 2 aliphatic rings. The van der Waals surface area contributed by atoms with Crippen LogP contribution in [0.1, 0.15) is 23.6 Å². The molecule has 1 aromatic heterocycles. The van der Waals surface area contributed by atoms with Crippen molar-refractivity contribution in [3.05, 3.63) is 16.3 Å². The van der Waals surface area contributed by atoms with Gasteiger partial charge in [-0.15, -0.1) is 11.3 Å². The number of piperazine rings is 1. The molecule has 0 unspecified atom stereocenters. The van der Waals surface area contributed by atoms with E-state index < -0.39 is 0 Å². The molecule has 1 aromatic rings. The molecule has 0 aromatic carbocycles. The Morgan fingerprint density at radius 1 is 1.29 bits per heavy atom. The summed E-state index contributed by atoms with van der Waals surface area (Å²) in [6.45, 7) is 4.60. The first-order valence-electron chi connectivity index (χ1n) is 5.47. The smallest absolute Gasteiger partial charge is 0.0478 e. The first kappa shape index (κ1) is 8.74. The van der Waals surface area contributed by atoms with Gasteiger partial charge in [-0.05, 0) is 24.8 Å². The van der Waals surface area contributed by atoms with Crippen molar-refractivity contribution in [1.29, 1.82) is 0 Å². The largest absolute Gasteiger partial charge is 0.368 e. The number of hydrogen-bond donors (Lipinski definition) is 1. The number of hydrogen-bond acceptors (Lipinski definition) is 3. The van der Waals surface area contributed by atoms with E-state index in [-0.39, 0.29) is 0 Å². The summed E-state index contributed by atoms with van der Waals surface area (Å²) < 4.78 is 0. The lowest BCUT2D eigenvalue weighted by molar-refractivity contribution is 0.589. The fourth-order valence-corrected chi connectivity index (χ4v) is 3.10. The van der Waals surface area contributed by atoms with Crippen LogP contribution in [0.15, 0.2) is 11.4 Å². The van der Waals surface area contributed by atoms with Crippen LogP contribution in [0.5, 0.6) is 0 Å². The van der Waals surface area contributed by atoms with Crippen molar-refractivity contribution in [3.8, 4) is 0 Å². The van der Waals surface area contributed by atoms with Gasteiger partial charge in [-0.25, -0.2) is 0 Å². The van der Waals surface area contributed by atoms with Crippen LogP contribution in [0.4, 0.5) is 5.69 Å². The van der Waals surface area contributed by atoms with Gasteiger partial charge < -0.3 is 10.2 Å². The third-order valence-electron chi connectivity index (χ3n) is 3.07. The summed E-state index contributed by atoms with van der Waals surface area (Å²) in [6, 6.07) is 2.41. The van der Waals surface area contributed by atoms with Gasteiger partial charge in [0.2, 0.25) is 0 Å². The van der Waals surface area contributed by atoms with Gasteiger partial charge in [-0.1, -0.05) is 0 Å². The van der Waals surface area contributed by atoms with E-state index in [1.807, 2.05) is 11.3 Å². The van der Waals surface area contributed by atoms with Crippen molar-refractivity contribution in [2.75, 3.05) is 31.1 Å². The van der Waals surface area contributed by atoms with E-state index in [2.05, 4.69) is 21.7 Å². The number of thiophene rings is 1. The van der Waals surface area contributed by atoms with Gasteiger partial charge in [0, 0.05) is 42.1 Å². The molecule has 3 heteroatoms. The van der Waals surface area contributed by atoms with Gasteiger partial charge in [-0.3, -0.25) is 0 Å². The Morgan fingerprint density at radius 2 is 2.07 bits per heavy atom. The number of rotatable bonds is 2. The summed E-state index contributed by atoms with van der Waals surface area (Å²) in [4.78, 5) is 4.11. The Labute approximate surface area is 88.9 Å². The van der Waals surface area contributed by atoms with Crippen LogP contribution >= 0.6 is 11.3 Å². The highest BCUT2D eigenvalue weighted by Gasteiger charge is 2.25. The minimum atomic E-state index is 0.914. The van der Waals surface area contributed by atoms with E-state index in [9.17, 15) is 0 Å². The second-order valence-electron chi connectivity index (χ2n) is 4.22. The fourth-order valence-electron chi connectivity index (χ4n) is 2.01. The lowest BCUT2D eigenvalue weighted by Gasteiger charge is -2.28. The molecule has 1 aliphatic heterocycles. The molecular weight excluding hydrogens is 192 g/mol. The summed E-state index contributed by atoms with van der Waals surface area (Å²) in [7, 11) is 0. The molecule has 0 radical (unpaired) electrons. The molecule has 1 saturated carbocycles. The van der Waals surface area contributed by atoms with E-state index in [0.29, 0.717) is 0 Å². The van der Waals surface area contributed by atoms with Crippen LogP contribution in [0.25, 0.3) is 0 Å². The van der Waals surface area contributed by atoms with Gasteiger partial charge >= 0.3 is 0 Å². The Balaban J connectivity index is 1.74. The summed E-state index contributed by atoms with van der Waals surface area (Å²) in [5, 5.41) is 5.72. The van der Waals surface area contributed by atoms with Crippen LogP contribution in [0, 0.1) is 0 Å². The van der Waals surface area contributed by atoms with Crippen molar-refractivity contribution in [3.63, 3.8) is 0 Å². The Bertz CT molecular complexity index is 311. The molecule has 0 atom stereocenters. The Kier molecular flexibility index (Phi) is 2.22. The van der Waals surface area contributed by atoms with E-state index in [1.165, 1.54) is 31.6 Å². The zero-order valence-corrected chi connectivity index (χ0v) is 9.15. The van der Waals surface area contributed by atoms with Crippen LogP contribution in [0.2, 0.25) is 0 Å². The molecule has 0 spiro atoms. The molecule has 1 N–H and O–H groups in total. The van der Waals surface area contributed by atoms with Crippen molar-refractivity contribution in [1.82, 2.24) is 5.32 Å². The van der Waals surface area contributed by atoms with E-state index in [1.54, 1.807) is 4.88 Å². The van der Waals surface area contributed by atoms with Gasteiger partial charge in [0.1, 0.15) is 0 Å². The van der Waals surface area contributed by atoms with Gasteiger partial charge in [-0.2, -0.15) is 0 Å². The highest BCUT2D eigenvalue weighted by molar-refractivity contribution is 7.10. The predicted octanol–water partition coefficient (Wildman–Crippen LogP) is 2.04.